The fraction of sp³-hybridized carbons (Fsp3) is 0.455. The van der Waals surface area contributed by atoms with Crippen molar-refractivity contribution in [1.29, 1.82) is 0 Å². The van der Waals surface area contributed by atoms with Gasteiger partial charge in [-0.3, -0.25) is 0 Å². The fourth-order valence-corrected chi connectivity index (χ4v) is 3.19. The standard InChI is InChI=1S/C22H32N2O6/c25-17-7-15(8-18(26)11-17)21(29)13-23-5-3-1-2-4-6-24-14-22(30)16-9-19(27)12-20(28)10-16/h7-12,21-30H,1-6,13-14H2. The van der Waals surface area contributed by atoms with Crippen molar-refractivity contribution < 1.29 is 30.6 Å². The normalized spacial score (nSPS) is 13.3. The zero-order chi connectivity index (χ0) is 21.9. The predicted octanol–water partition coefficient (Wildman–Crippen LogP) is 2.02. The van der Waals surface area contributed by atoms with Crippen LogP contribution in [0.1, 0.15) is 49.0 Å². The van der Waals surface area contributed by atoms with Crippen molar-refractivity contribution >= 4 is 0 Å². The van der Waals surface area contributed by atoms with E-state index in [2.05, 4.69) is 10.6 Å². The van der Waals surface area contributed by atoms with Gasteiger partial charge in [0.15, 0.2) is 0 Å². The molecule has 0 aliphatic rings. The molecule has 0 amide bonds. The van der Waals surface area contributed by atoms with Crippen LogP contribution >= 0.6 is 0 Å². The highest BCUT2D eigenvalue weighted by Gasteiger charge is 2.10. The number of aromatic hydroxyl groups is 4. The lowest BCUT2D eigenvalue weighted by atomic mass is 10.1. The van der Waals surface area contributed by atoms with Crippen molar-refractivity contribution in [3.8, 4) is 23.0 Å². The Morgan fingerprint density at radius 1 is 0.533 bits per heavy atom. The summed E-state index contributed by atoms with van der Waals surface area (Å²) < 4.78 is 0. The second-order valence-corrected chi connectivity index (χ2v) is 7.42. The Kier molecular flexibility index (Phi) is 9.69. The Morgan fingerprint density at radius 2 is 0.867 bits per heavy atom. The van der Waals surface area contributed by atoms with Crippen molar-refractivity contribution in [2.24, 2.45) is 0 Å². The number of phenols is 4. The number of hydrogen-bond acceptors (Lipinski definition) is 8. The molecule has 0 aromatic heterocycles. The number of aliphatic hydroxyl groups excluding tert-OH is 2. The van der Waals surface area contributed by atoms with E-state index in [9.17, 15) is 30.6 Å². The summed E-state index contributed by atoms with van der Waals surface area (Å²) in [6.07, 6.45) is 2.38. The van der Waals surface area contributed by atoms with Crippen LogP contribution in [0.15, 0.2) is 36.4 Å². The summed E-state index contributed by atoms with van der Waals surface area (Å²) in [7, 11) is 0. The first kappa shape index (κ1) is 23.8. The molecule has 8 heteroatoms. The maximum Gasteiger partial charge on any atom is 0.119 e. The lowest BCUT2D eigenvalue weighted by molar-refractivity contribution is 0.173. The van der Waals surface area contributed by atoms with Gasteiger partial charge in [-0.2, -0.15) is 0 Å². The molecule has 8 N–H and O–H groups in total. The second kappa shape index (κ2) is 12.2. The minimum absolute atomic E-state index is 0.0785. The molecule has 8 nitrogen and oxygen atoms in total. The van der Waals surface area contributed by atoms with E-state index in [1.54, 1.807) is 0 Å². The SMILES string of the molecule is Oc1cc(O)cc(C(O)CNCCCCCCNCC(O)c2cc(O)cc(O)c2)c1. The van der Waals surface area contributed by atoms with Crippen molar-refractivity contribution in [3.63, 3.8) is 0 Å². The minimum Gasteiger partial charge on any atom is -0.508 e. The van der Waals surface area contributed by atoms with Crippen LogP contribution in [0, 0.1) is 0 Å². The molecular weight excluding hydrogens is 388 g/mol. The highest BCUT2D eigenvalue weighted by molar-refractivity contribution is 5.38. The number of rotatable bonds is 13. The third kappa shape index (κ3) is 8.46. The first-order valence-corrected chi connectivity index (χ1v) is 10.2. The molecule has 0 spiro atoms. The Balaban J connectivity index is 1.49. The summed E-state index contributed by atoms with van der Waals surface area (Å²) in [5, 5.41) is 64.3. The van der Waals surface area contributed by atoms with Crippen molar-refractivity contribution in [3.05, 3.63) is 47.5 Å². The molecule has 2 unspecified atom stereocenters. The molecule has 0 aliphatic heterocycles. The van der Waals surface area contributed by atoms with Crippen molar-refractivity contribution in [2.45, 2.75) is 37.9 Å². The first-order chi connectivity index (χ1) is 14.3. The molecule has 2 rings (SSSR count). The molecule has 0 aliphatic carbocycles. The average Bonchev–Trinajstić information content (AvgIpc) is 2.67. The molecule has 2 aromatic carbocycles. The number of hydrogen-bond donors (Lipinski definition) is 8. The van der Waals surface area contributed by atoms with E-state index in [-0.39, 0.29) is 23.0 Å². The molecule has 0 heterocycles. The maximum absolute atomic E-state index is 10.1. The molecule has 2 atom stereocenters. The lowest BCUT2D eigenvalue weighted by Crippen LogP contribution is -2.23. The van der Waals surface area contributed by atoms with Crippen LogP contribution in [-0.2, 0) is 0 Å². The van der Waals surface area contributed by atoms with Crippen LogP contribution in [0.25, 0.3) is 0 Å². The van der Waals surface area contributed by atoms with Gasteiger partial charge >= 0.3 is 0 Å². The molecule has 0 saturated heterocycles. The van der Waals surface area contributed by atoms with Gasteiger partial charge in [0.1, 0.15) is 23.0 Å². The van der Waals surface area contributed by atoms with Crippen LogP contribution in [0.2, 0.25) is 0 Å². The largest absolute Gasteiger partial charge is 0.508 e. The van der Waals surface area contributed by atoms with E-state index in [1.165, 1.54) is 36.4 Å². The molecule has 30 heavy (non-hydrogen) atoms. The van der Waals surface area contributed by atoms with Gasteiger partial charge in [-0.05, 0) is 61.3 Å². The molecule has 0 fully saturated rings. The molecule has 0 radical (unpaired) electrons. The second-order valence-electron chi connectivity index (χ2n) is 7.42. The van der Waals surface area contributed by atoms with E-state index in [4.69, 9.17) is 0 Å². The summed E-state index contributed by atoms with van der Waals surface area (Å²) in [6, 6.07) is 8.16. The summed E-state index contributed by atoms with van der Waals surface area (Å²) in [6.45, 7) is 2.20. The highest BCUT2D eigenvalue weighted by Crippen LogP contribution is 2.25. The first-order valence-electron chi connectivity index (χ1n) is 10.2. The summed E-state index contributed by atoms with van der Waals surface area (Å²) in [5.41, 5.74) is 0.934. The molecule has 0 saturated carbocycles. The Bertz CT molecular complexity index is 680. The van der Waals surface area contributed by atoms with Gasteiger partial charge in [-0.15, -0.1) is 0 Å². The fourth-order valence-electron chi connectivity index (χ4n) is 3.19. The number of benzene rings is 2. The number of phenolic OH excluding ortho intramolecular Hbond substituents is 4. The van der Waals surface area contributed by atoms with Gasteiger partial charge in [0.25, 0.3) is 0 Å². The summed E-state index contributed by atoms with van der Waals surface area (Å²) in [4.78, 5) is 0. The number of nitrogens with one attached hydrogen (secondary N) is 2. The molecule has 0 bridgehead atoms. The molecular formula is C22H32N2O6. The van der Waals surface area contributed by atoms with Gasteiger partial charge in [0.05, 0.1) is 12.2 Å². The van der Waals surface area contributed by atoms with E-state index in [0.717, 1.165) is 38.8 Å². The van der Waals surface area contributed by atoms with E-state index in [1.807, 2.05) is 0 Å². The van der Waals surface area contributed by atoms with Gasteiger partial charge < -0.3 is 41.3 Å². The smallest absolute Gasteiger partial charge is 0.119 e. The Labute approximate surface area is 176 Å². The summed E-state index contributed by atoms with van der Waals surface area (Å²) in [5.74, 6) is -0.314. The Hall–Kier alpha value is -2.52. The zero-order valence-electron chi connectivity index (χ0n) is 17.0. The van der Waals surface area contributed by atoms with E-state index >= 15 is 0 Å². The van der Waals surface area contributed by atoms with Crippen LogP contribution < -0.4 is 10.6 Å². The van der Waals surface area contributed by atoms with Crippen LogP contribution in [-0.4, -0.2) is 56.8 Å². The predicted molar refractivity (Wildman–Crippen MR) is 114 cm³/mol. The van der Waals surface area contributed by atoms with Gasteiger partial charge in [0, 0.05) is 25.2 Å². The summed E-state index contributed by atoms with van der Waals surface area (Å²) >= 11 is 0. The third-order valence-electron chi connectivity index (χ3n) is 4.75. The van der Waals surface area contributed by atoms with Crippen molar-refractivity contribution in [2.75, 3.05) is 26.2 Å². The van der Waals surface area contributed by atoms with Gasteiger partial charge in [0.2, 0.25) is 0 Å². The zero-order valence-corrected chi connectivity index (χ0v) is 17.0. The highest BCUT2D eigenvalue weighted by atomic mass is 16.3. The van der Waals surface area contributed by atoms with Gasteiger partial charge in [-0.25, -0.2) is 0 Å². The van der Waals surface area contributed by atoms with Crippen molar-refractivity contribution in [1.82, 2.24) is 10.6 Å². The lowest BCUT2D eigenvalue weighted by Gasteiger charge is -2.13. The van der Waals surface area contributed by atoms with Gasteiger partial charge in [-0.1, -0.05) is 12.8 Å². The third-order valence-corrected chi connectivity index (χ3v) is 4.75. The van der Waals surface area contributed by atoms with Crippen LogP contribution in [0.3, 0.4) is 0 Å². The number of aliphatic hydroxyl groups is 2. The monoisotopic (exact) mass is 420 g/mol. The molecule has 166 valence electrons. The quantitative estimate of drug-likeness (QED) is 0.230. The van der Waals surface area contributed by atoms with E-state index < -0.39 is 12.2 Å². The van der Waals surface area contributed by atoms with E-state index in [0.29, 0.717) is 24.2 Å². The average molecular weight is 421 g/mol. The maximum atomic E-state index is 10.1. The topological polar surface area (TPSA) is 145 Å². The van der Waals surface area contributed by atoms with Crippen LogP contribution in [0.5, 0.6) is 23.0 Å². The minimum atomic E-state index is -0.799. The molecule has 2 aromatic rings. The Morgan fingerprint density at radius 3 is 1.20 bits per heavy atom. The number of unbranched alkanes of at least 4 members (excludes halogenated alkanes) is 3. The van der Waals surface area contributed by atoms with Crippen LogP contribution in [0.4, 0.5) is 0 Å².